The van der Waals surface area contributed by atoms with Crippen LogP contribution in [0, 0.1) is 0 Å². The van der Waals surface area contributed by atoms with Crippen LogP contribution in [0.5, 0.6) is 5.75 Å². The van der Waals surface area contributed by atoms with Gasteiger partial charge >= 0.3 is 0 Å². The van der Waals surface area contributed by atoms with E-state index < -0.39 is 0 Å². The summed E-state index contributed by atoms with van der Waals surface area (Å²) < 4.78 is 5.43. The number of methoxy groups -OCH3 is 1. The molecule has 0 aliphatic carbocycles. The van der Waals surface area contributed by atoms with E-state index in [1.54, 1.807) is 13.2 Å². The van der Waals surface area contributed by atoms with E-state index >= 15 is 0 Å². The lowest BCUT2D eigenvalue weighted by Gasteiger charge is -2.21. The lowest BCUT2D eigenvalue weighted by molar-refractivity contribution is 0.104. The highest BCUT2D eigenvalue weighted by Gasteiger charge is 2.11. The Hall–Kier alpha value is -3.37. The molecule has 0 fully saturated rings. The molecule has 0 N–H and O–H groups in total. The number of carbonyl (C=O) groups excluding carboxylic acids is 1. The molecule has 3 aromatic carbocycles. The number of likely N-dealkylation sites (N-methyl/N-ethyl adjacent to an activating group) is 2. The maximum absolute atomic E-state index is 12.9. The summed E-state index contributed by atoms with van der Waals surface area (Å²) in [5, 5.41) is 0. The van der Waals surface area contributed by atoms with Crippen LogP contribution in [0.15, 0.2) is 78.9 Å². The molecule has 0 amide bonds. The summed E-state index contributed by atoms with van der Waals surface area (Å²) in [6, 6.07) is 24.0. The number of rotatable bonds is 9. The van der Waals surface area contributed by atoms with Crippen LogP contribution >= 0.6 is 0 Å². The lowest BCUT2D eigenvalue weighted by Crippen LogP contribution is -2.28. The second kappa shape index (κ2) is 10.6. The number of ether oxygens (including phenoxy) is 1. The summed E-state index contributed by atoms with van der Waals surface area (Å²) in [7, 11) is 7.82. The van der Waals surface area contributed by atoms with Crippen molar-refractivity contribution in [1.82, 2.24) is 4.90 Å². The van der Waals surface area contributed by atoms with Gasteiger partial charge in [0, 0.05) is 25.8 Å². The fourth-order valence-electron chi connectivity index (χ4n) is 3.29. The van der Waals surface area contributed by atoms with Gasteiger partial charge in [-0.2, -0.15) is 0 Å². The topological polar surface area (TPSA) is 32.8 Å². The predicted octanol–water partition coefficient (Wildman–Crippen LogP) is 5.26. The van der Waals surface area contributed by atoms with E-state index in [2.05, 4.69) is 43.1 Å². The molecule has 0 unspecified atom stereocenters. The van der Waals surface area contributed by atoms with Crippen LogP contribution in [-0.4, -0.2) is 52.0 Å². The highest BCUT2D eigenvalue weighted by atomic mass is 16.5. The lowest BCUT2D eigenvalue weighted by atomic mass is 10.00. The Bertz CT molecular complexity index is 1020. The van der Waals surface area contributed by atoms with Gasteiger partial charge in [-0.15, -0.1) is 0 Å². The Morgan fingerprint density at radius 2 is 1.58 bits per heavy atom. The molecule has 0 spiro atoms. The van der Waals surface area contributed by atoms with Crippen molar-refractivity contribution in [1.29, 1.82) is 0 Å². The minimum atomic E-state index is -0.0817. The van der Waals surface area contributed by atoms with Crippen molar-refractivity contribution >= 4 is 17.5 Å². The van der Waals surface area contributed by atoms with Crippen molar-refractivity contribution < 1.29 is 9.53 Å². The largest absolute Gasteiger partial charge is 0.496 e. The Balaban J connectivity index is 1.75. The number of carbonyl (C=O) groups is 1. The number of anilines is 1. The third-order valence-corrected chi connectivity index (χ3v) is 5.22. The van der Waals surface area contributed by atoms with Gasteiger partial charge in [-0.05, 0) is 61.1 Å². The van der Waals surface area contributed by atoms with E-state index in [1.807, 2.05) is 66.7 Å². The van der Waals surface area contributed by atoms with E-state index in [0.29, 0.717) is 11.3 Å². The van der Waals surface area contributed by atoms with Gasteiger partial charge in [0.2, 0.25) is 0 Å². The average molecular weight is 415 g/mol. The fraction of sp³-hybridized carbons (Fsp3) is 0.222. The molecule has 0 radical (unpaired) electrons. The minimum absolute atomic E-state index is 0.0817. The van der Waals surface area contributed by atoms with Crippen molar-refractivity contribution in [2.45, 2.75) is 0 Å². The molecule has 0 aliphatic heterocycles. The Morgan fingerprint density at radius 1 is 0.871 bits per heavy atom. The highest BCUT2D eigenvalue weighted by molar-refractivity contribution is 6.09. The Morgan fingerprint density at radius 3 is 2.23 bits per heavy atom. The first-order valence-electron chi connectivity index (χ1n) is 10.4. The van der Waals surface area contributed by atoms with Crippen molar-refractivity contribution in [2.75, 3.05) is 46.2 Å². The number of hydrogen-bond donors (Lipinski definition) is 0. The molecule has 31 heavy (non-hydrogen) atoms. The fourth-order valence-corrected chi connectivity index (χ4v) is 3.29. The molecule has 0 bridgehead atoms. The average Bonchev–Trinajstić information content (AvgIpc) is 2.81. The van der Waals surface area contributed by atoms with Crippen molar-refractivity contribution in [3.63, 3.8) is 0 Å². The number of benzene rings is 3. The van der Waals surface area contributed by atoms with Gasteiger partial charge in [-0.1, -0.05) is 54.6 Å². The van der Waals surface area contributed by atoms with E-state index in [9.17, 15) is 4.79 Å². The smallest absolute Gasteiger partial charge is 0.189 e. The van der Waals surface area contributed by atoms with E-state index in [1.165, 1.54) is 0 Å². The van der Waals surface area contributed by atoms with Gasteiger partial charge < -0.3 is 14.5 Å². The normalized spacial score (nSPS) is 11.1. The first kappa shape index (κ1) is 22.3. The summed E-state index contributed by atoms with van der Waals surface area (Å²) in [6.45, 7) is 1.95. The molecule has 160 valence electrons. The zero-order chi connectivity index (χ0) is 22.2. The first-order valence-corrected chi connectivity index (χ1v) is 10.4. The summed E-state index contributed by atoms with van der Waals surface area (Å²) in [4.78, 5) is 17.3. The maximum atomic E-state index is 12.9. The van der Waals surface area contributed by atoms with E-state index in [4.69, 9.17) is 4.74 Å². The van der Waals surface area contributed by atoms with Gasteiger partial charge in [0.15, 0.2) is 5.78 Å². The second-order valence-corrected chi connectivity index (χ2v) is 7.80. The van der Waals surface area contributed by atoms with Crippen LogP contribution in [0.3, 0.4) is 0 Å². The third-order valence-electron chi connectivity index (χ3n) is 5.22. The Labute approximate surface area is 185 Å². The highest BCUT2D eigenvalue weighted by Crippen LogP contribution is 2.27. The molecular weight excluding hydrogens is 384 g/mol. The summed E-state index contributed by atoms with van der Waals surface area (Å²) in [6.07, 6.45) is 3.46. The maximum Gasteiger partial charge on any atom is 0.189 e. The van der Waals surface area contributed by atoms with Crippen LogP contribution < -0.4 is 9.64 Å². The van der Waals surface area contributed by atoms with Crippen LogP contribution in [0.4, 0.5) is 5.69 Å². The summed E-state index contributed by atoms with van der Waals surface area (Å²) >= 11 is 0. The molecule has 3 aromatic rings. The van der Waals surface area contributed by atoms with Gasteiger partial charge in [0.25, 0.3) is 0 Å². The molecular formula is C27H30N2O2. The van der Waals surface area contributed by atoms with Gasteiger partial charge in [-0.3, -0.25) is 4.79 Å². The number of hydrogen-bond acceptors (Lipinski definition) is 4. The first-order chi connectivity index (χ1) is 15.0. The molecule has 0 saturated carbocycles. The molecule has 0 saturated heterocycles. The van der Waals surface area contributed by atoms with Gasteiger partial charge in [0.1, 0.15) is 5.75 Å². The zero-order valence-electron chi connectivity index (χ0n) is 18.7. The minimum Gasteiger partial charge on any atom is -0.496 e. The van der Waals surface area contributed by atoms with Crippen LogP contribution in [0.25, 0.3) is 17.2 Å². The van der Waals surface area contributed by atoms with E-state index in [-0.39, 0.29) is 5.78 Å². The summed E-state index contributed by atoms with van der Waals surface area (Å²) in [5.41, 5.74) is 4.75. The molecule has 0 aromatic heterocycles. The Kier molecular flexibility index (Phi) is 7.63. The SMILES string of the molecule is COc1ccc(-c2ccccc2)cc1C(=O)/C=C/c1ccc(N(C)CCN(C)C)cc1. The molecule has 0 aliphatic rings. The van der Waals surface area contributed by atoms with Gasteiger partial charge in [-0.25, -0.2) is 0 Å². The van der Waals surface area contributed by atoms with Crippen LogP contribution in [-0.2, 0) is 0 Å². The van der Waals surface area contributed by atoms with Crippen LogP contribution in [0.2, 0.25) is 0 Å². The van der Waals surface area contributed by atoms with Crippen molar-refractivity contribution in [3.05, 3.63) is 90.0 Å². The van der Waals surface area contributed by atoms with Gasteiger partial charge in [0.05, 0.1) is 12.7 Å². The third kappa shape index (κ3) is 6.06. The molecule has 0 atom stereocenters. The number of ketones is 1. The van der Waals surface area contributed by atoms with E-state index in [0.717, 1.165) is 35.5 Å². The monoisotopic (exact) mass is 414 g/mol. The number of nitrogens with zero attached hydrogens (tertiary/aromatic N) is 2. The molecule has 3 rings (SSSR count). The van der Waals surface area contributed by atoms with Crippen molar-refractivity contribution in [3.8, 4) is 16.9 Å². The zero-order valence-corrected chi connectivity index (χ0v) is 18.7. The molecule has 4 heteroatoms. The second-order valence-electron chi connectivity index (χ2n) is 7.80. The standard InChI is InChI=1S/C27H30N2O2/c1-28(2)18-19-29(3)24-14-10-21(11-15-24)12-16-26(30)25-20-23(13-17-27(25)31-4)22-8-6-5-7-9-22/h5-17,20H,18-19H2,1-4H3/b16-12+. The molecule has 4 nitrogen and oxygen atoms in total. The summed E-state index contributed by atoms with van der Waals surface area (Å²) in [5.74, 6) is 0.494. The molecule has 0 heterocycles. The quantitative estimate of drug-likeness (QED) is 0.353. The van der Waals surface area contributed by atoms with Crippen LogP contribution in [0.1, 0.15) is 15.9 Å². The predicted molar refractivity (Wildman–Crippen MR) is 130 cm³/mol. The number of allylic oxidation sites excluding steroid dienone is 1. The van der Waals surface area contributed by atoms with Crippen molar-refractivity contribution in [2.24, 2.45) is 0 Å².